The molecule has 8 nitrogen and oxygen atoms in total. The van der Waals surface area contributed by atoms with E-state index in [4.69, 9.17) is 4.74 Å². The highest BCUT2D eigenvalue weighted by Gasteiger charge is 2.74. The number of anilines is 1. The molecule has 0 saturated carbocycles. The van der Waals surface area contributed by atoms with Gasteiger partial charge in [-0.15, -0.1) is 0 Å². The van der Waals surface area contributed by atoms with E-state index in [1.807, 2.05) is 25.1 Å². The largest absolute Gasteiger partial charge is 0.395 e. The molecule has 3 aliphatic heterocycles. The quantitative estimate of drug-likeness (QED) is 0.547. The standard InChI is InChI=1S/C22H29N3O5/c1-2-3-11-23-20(28)18-22-10-9-15(30-22)16(17(22)21(29)25(18)12-13-26)19(27)24-14-7-5-4-6-8-14/h4-8,15-18,26H,2-3,9-13H2,1H3,(H,23,28)(H,24,27)/t15-,16+,17-,18?,22?/m0/s1. The van der Waals surface area contributed by atoms with Gasteiger partial charge in [-0.25, -0.2) is 0 Å². The van der Waals surface area contributed by atoms with Crippen LogP contribution in [0.5, 0.6) is 0 Å². The summed E-state index contributed by atoms with van der Waals surface area (Å²) >= 11 is 0. The van der Waals surface area contributed by atoms with Crippen molar-refractivity contribution in [3.8, 4) is 0 Å². The maximum Gasteiger partial charge on any atom is 0.245 e. The van der Waals surface area contributed by atoms with Gasteiger partial charge in [0.05, 0.1) is 24.5 Å². The third-order valence-corrected chi connectivity index (χ3v) is 6.56. The average Bonchev–Trinajstić information content (AvgIpc) is 3.37. The van der Waals surface area contributed by atoms with Crippen molar-refractivity contribution in [3.63, 3.8) is 0 Å². The Morgan fingerprint density at radius 2 is 2.03 bits per heavy atom. The van der Waals surface area contributed by atoms with Crippen LogP contribution >= 0.6 is 0 Å². The monoisotopic (exact) mass is 415 g/mol. The summed E-state index contributed by atoms with van der Waals surface area (Å²) in [6.07, 6.45) is 2.58. The van der Waals surface area contributed by atoms with Gasteiger partial charge >= 0.3 is 0 Å². The molecular formula is C22H29N3O5. The molecule has 1 aromatic rings. The molecule has 30 heavy (non-hydrogen) atoms. The number of hydrogen-bond donors (Lipinski definition) is 3. The van der Waals surface area contributed by atoms with Gasteiger partial charge < -0.3 is 25.4 Å². The van der Waals surface area contributed by atoms with Crippen LogP contribution in [0.2, 0.25) is 0 Å². The van der Waals surface area contributed by atoms with E-state index in [2.05, 4.69) is 10.6 Å². The molecule has 0 radical (unpaired) electrons. The van der Waals surface area contributed by atoms with E-state index in [1.54, 1.807) is 12.1 Å². The number of nitrogens with zero attached hydrogens (tertiary/aromatic N) is 1. The number of aliphatic hydroxyl groups is 1. The molecule has 1 spiro atoms. The van der Waals surface area contributed by atoms with E-state index in [9.17, 15) is 19.5 Å². The summed E-state index contributed by atoms with van der Waals surface area (Å²) in [5, 5.41) is 15.3. The average molecular weight is 415 g/mol. The van der Waals surface area contributed by atoms with Crippen LogP contribution in [0.1, 0.15) is 32.6 Å². The normalized spacial score (nSPS) is 31.7. The third kappa shape index (κ3) is 3.28. The maximum atomic E-state index is 13.3. The molecular weight excluding hydrogens is 386 g/mol. The summed E-state index contributed by atoms with van der Waals surface area (Å²) in [6.45, 7) is 2.35. The lowest BCUT2D eigenvalue weighted by Crippen LogP contribution is -2.55. The first-order valence-electron chi connectivity index (χ1n) is 10.8. The Kier molecular flexibility index (Phi) is 5.79. The zero-order valence-corrected chi connectivity index (χ0v) is 17.2. The second-order valence-electron chi connectivity index (χ2n) is 8.31. The van der Waals surface area contributed by atoms with Crippen LogP contribution in [0.3, 0.4) is 0 Å². The van der Waals surface area contributed by atoms with Crippen molar-refractivity contribution < 1.29 is 24.2 Å². The van der Waals surface area contributed by atoms with Gasteiger partial charge in [0.2, 0.25) is 17.7 Å². The number of benzene rings is 1. The number of rotatable bonds is 8. The maximum absolute atomic E-state index is 13.3. The Balaban J connectivity index is 1.61. The predicted molar refractivity (Wildman–Crippen MR) is 109 cm³/mol. The van der Waals surface area contributed by atoms with Crippen LogP contribution in [-0.2, 0) is 19.1 Å². The predicted octanol–water partition coefficient (Wildman–Crippen LogP) is 0.908. The minimum atomic E-state index is -1.01. The minimum absolute atomic E-state index is 0.0456. The number of para-hydroxylation sites is 1. The van der Waals surface area contributed by atoms with Crippen molar-refractivity contribution in [3.05, 3.63) is 30.3 Å². The summed E-state index contributed by atoms with van der Waals surface area (Å²) in [5.41, 5.74) is -0.350. The Bertz CT molecular complexity index is 816. The van der Waals surface area contributed by atoms with E-state index in [-0.39, 0.29) is 37.0 Å². The molecule has 162 valence electrons. The molecule has 3 saturated heterocycles. The molecule has 3 fully saturated rings. The first-order valence-corrected chi connectivity index (χ1v) is 10.8. The number of carbonyl (C=O) groups excluding carboxylic acids is 3. The van der Waals surface area contributed by atoms with Crippen LogP contribution in [0.25, 0.3) is 0 Å². The molecule has 0 aliphatic carbocycles. The summed E-state index contributed by atoms with van der Waals surface area (Å²) in [5.74, 6) is -2.18. The molecule has 8 heteroatoms. The molecule has 2 bridgehead atoms. The molecule has 3 aliphatic rings. The number of amides is 3. The second kappa shape index (κ2) is 8.35. The van der Waals surface area contributed by atoms with Gasteiger partial charge in [-0.3, -0.25) is 14.4 Å². The van der Waals surface area contributed by atoms with Crippen LogP contribution in [0.15, 0.2) is 30.3 Å². The SMILES string of the molecule is CCCCNC(=O)C1N(CCO)C(=O)[C@@H]2[C@H](C(=O)Nc3ccccc3)[C@@H]3CCC12O3. The van der Waals surface area contributed by atoms with Crippen molar-refractivity contribution >= 4 is 23.4 Å². The van der Waals surface area contributed by atoms with Crippen molar-refractivity contribution in [2.45, 2.75) is 50.4 Å². The highest BCUT2D eigenvalue weighted by atomic mass is 16.5. The fourth-order valence-corrected chi connectivity index (χ4v) is 5.33. The Morgan fingerprint density at radius 3 is 2.73 bits per heavy atom. The van der Waals surface area contributed by atoms with E-state index in [0.29, 0.717) is 25.1 Å². The number of likely N-dealkylation sites (tertiary alicyclic amines) is 1. The van der Waals surface area contributed by atoms with Crippen molar-refractivity contribution in [2.75, 3.05) is 25.0 Å². The molecule has 3 amide bonds. The van der Waals surface area contributed by atoms with Crippen molar-refractivity contribution in [1.29, 1.82) is 0 Å². The van der Waals surface area contributed by atoms with Gasteiger partial charge in [0, 0.05) is 18.8 Å². The topological polar surface area (TPSA) is 108 Å². The number of β-amino-alcohol motifs (C(OH)–C–C–N with tert-alkyl or cyclic N) is 1. The van der Waals surface area contributed by atoms with Crippen LogP contribution < -0.4 is 10.6 Å². The highest BCUT2D eigenvalue weighted by Crippen LogP contribution is 2.58. The third-order valence-electron chi connectivity index (χ3n) is 6.56. The lowest BCUT2D eigenvalue weighted by molar-refractivity contribution is -0.141. The summed E-state index contributed by atoms with van der Waals surface area (Å²) < 4.78 is 6.28. The molecule has 0 aromatic heterocycles. The smallest absolute Gasteiger partial charge is 0.245 e. The number of aliphatic hydroxyl groups excluding tert-OH is 1. The summed E-state index contributed by atoms with van der Waals surface area (Å²) in [4.78, 5) is 41.0. The number of fused-ring (bicyclic) bond motifs is 1. The number of carbonyl (C=O) groups is 3. The van der Waals surface area contributed by atoms with Crippen LogP contribution in [0.4, 0.5) is 5.69 Å². The van der Waals surface area contributed by atoms with Gasteiger partial charge in [-0.1, -0.05) is 31.5 Å². The number of hydrogen-bond acceptors (Lipinski definition) is 5. The second-order valence-corrected chi connectivity index (χ2v) is 8.31. The molecule has 3 N–H and O–H groups in total. The Hall–Kier alpha value is -2.45. The molecule has 5 atom stereocenters. The lowest BCUT2D eigenvalue weighted by Gasteiger charge is -2.33. The van der Waals surface area contributed by atoms with Gasteiger partial charge in [-0.05, 0) is 31.4 Å². The first kappa shape index (κ1) is 20.8. The van der Waals surface area contributed by atoms with E-state index in [1.165, 1.54) is 4.90 Å². The summed E-state index contributed by atoms with van der Waals surface area (Å²) in [6, 6.07) is 8.28. The van der Waals surface area contributed by atoms with Crippen LogP contribution in [0, 0.1) is 11.8 Å². The number of unbranched alkanes of at least 4 members (excludes halogenated alkanes) is 1. The first-order chi connectivity index (χ1) is 14.5. The number of nitrogens with one attached hydrogen (secondary N) is 2. The fourth-order valence-electron chi connectivity index (χ4n) is 5.33. The zero-order chi connectivity index (χ0) is 21.3. The van der Waals surface area contributed by atoms with Crippen LogP contribution in [-0.4, -0.2) is 65.2 Å². The molecule has 3 heterocycles. The number of ether oxygens (including phenoxy) is 1. The molecule has 4 rings (SSSR count). The van der Waals surface area contributed by atoms with Crippen molar-refractivity contribution in [1.82, 2.24) is 10.2 Å². The van der Waals surface area contributed by atoms with Gasteiger partial charge in [0.15, 0.2) is 0 Å². The molecule has 2 unspecified atom stereocenters. The Labute approximate surface area is 176 Å². The molecule has 1 aromatic carbocycles. The minimum Gasteiger partial charge on any atom is -0.395 e. The highest BCUT2D eigenvalue weighted by molar-refractivity contribution is 6.01. The Morgan fingerprint density at radius 1 is 1.27 bits per heavy atom. The van der Waals surface area contributed by atoms with Crippen molar-refractivity contribution in [2.24, 2.45) is 11.8 Å². The van der Waals surface area contributed by atoms with E-state index >= 15 is 0 Å². The van der Waals surface area contributed by atoms with Gasteiger partial charge in [-0.2, -0.15) is 0 Å². The van der Waals surface area contributed by atoms with Gasteiger partial charge in [0.1, 0.15) is 11.6 Å². The zero-order valence-electron chi connectivity index (χ0n) is 17.2. The van der Waals surface area contributed by atoms with Gasteiger partial charge in [0.25, 0.3) is 0 Å². The fraction of sp³-hybridized carbons (Fsp3) is 0.591. The summed E-state index contributed by atoms with van der Waals surface area (Å²) in [7, 11) is 0. The van der Waals surface area contributed by atoms with E-state index in [0.717, 1.165) is 12.8 Å². The lowest BCUT2D eigenvalue weighted by atomic mass is 9.70. The van der Waals surface area contributed by atoms with E-state index < -0.39 is 23.5 Å².